The fraction of sp³-hybridized carbons (Fsp3) is 0.182. The van der Waals surface area contributed by atoms with Crippen LogP contribution in [-0.4, -0.2) is 32.0 Å². The van der Waals surface area contributed by atoms with E-state index in [1.807, 2.05) is 0 Å². The lowest BCUT2D eigenvalue weighted by Crippen LogP contribution is -2.42. The molecule has 3 aromatic rings. The molecule has 2 aromatic carbocycles. The van der Waals surface area contributed by atoms with Crippen molar-refractivity contribution in [3.63, 3.8) is 0 Å². The highest BCUT2D eigenvalue weighted by molar-refractivity contribution is 6.05. The van der Waals surface area contributed by atoms with Gasteiger partial charge in [0, 0.05) is 29.3 Å². The molecule has 7 N–H and O–H groups in total. The minimum absolute atomic E-state index is 0.0312. The largest absolute Gasteiger partial charge is 0.512 e. The van der Waals surface area contributed by atoms with Gasteiger partial charge in [-0.1, -0.05) is 17.4 Å². The van der Waals surface area contributed by atoms with E-state index < -0.39 is 23.7 Å². The van der Waals surface area contributed by atoms with E-state index in [-0.39, 0.29) is 22.1 Å². The van der Waals surface area contributed by atoms with E-state index in [0.717, 1.165) is 6.21 Å². The first-order valence-corrected chi connectivity index (χ1v) is 10.2. The average Bonchev–Trinajstić information content (AvgIpc) is 3.23. The predicted octanol–water partition coefficient (Wildman–Crippen LogP) is 1.12. The van der Waals surface area contributed by atoms with Crippen molar-refractivity contribution in [2.45, 2.75) is 18.9 Å². The summed E-state index contributed by atoms with van der Waals surface area (Å²) in [6, 6.07) is 6.63. The van der Waals surface area contributed by atoms with Gasteiger partial charge in [-0.25, -0.2) is 9.37 Å². The standard InChI is InChI=1S/C22H22FN9O2/c1-10(33)13-7-14(21(25)34)15(8-24)19-16(13)20(30-31-26)17(22-27-9-28-32(22)2)18(29-19)11-3-5-12(23)6-4-11/h3-9,17-18,24,29,33H,1-2H3,(H2,25,34)(H2,26,30)/t17-,18-/m0/s1. The van der Waals surface area contributed by atoms with Crippen LogP contribution in [0.15, 0.2) is 47.0 Å². The van der Waals surface area contributed by atoms with Gasteiger partial charge in [-0.2, -0.15) is 5.10 Å². The van der Waals surface area contributed by atoms with Crippen LogP contribution in [0.3, 0.4) is 0 Å². The number of fused-ring (bicyclic) bond motifs is 1. The topological polar surface area (TPSA) is 181 Å². The number of anilines is 1. The van der Waals surface area contributed by atoms with E-state index in [1.54, 1.807) is 23.9 Å². The summed E-state index contributed by atoms with van der Waals surface area (Å²) in [7, 11) is 1.71. The summed E-state index contributed by atoms with van der Waals surface area (Å²) in [6.07, 6.45) is 2.37. The zero-order chi connectivity index (χ0) is 24.6. The number of primary amides is 1. The highest BCUT2D eigenvalue weighted by Crippen LogP contribution is 2.42. The third kappa shape index (κ3) is 3.64. The Labute approximate surface area is 192 Å². The van der Waals surface area contributed by atoms with Gasteiger partial charge < -0.3 is 27.4 Å². The fourth-order valence-corrected chi connectivity index (χ4v) is 4.28. The third-order valence-electron chi connectivity index (χ3n) is 5.77. The molecule has 0 bridgehead atoms. The average molecular weight is 463 g/mol. The molecule has 1 aromatic heterocycles. The van der Waals surface area contributed by atoms with Gasteiger partial charge >= 0.3 is 0 Å². The molecule has 1 amide bonds. The number of aliphatic hydroxyl groups excluding tert-OH is 1. The Morgan fingerprint density at radius 1 is 1.35 bits per heavy atom. The number of rotatable bonds is 5. The van der Waals surface area contributed by atoms with E-state index in [0.29, 0.717) is 28.0 Å². The van der Waals surface area contributed by atoms with Crippen molar-refractivity contribution < 1.29 is 14.3 Å². The number of nitrogens with one attached hydrogen (secondary N) is 2. The molecular weight excluding hydrogens is 441 g/mol. The first-order chi connectivity index (χ1) is 16.3. The number of hydrogen-bond donors (Lipinski definition) is 5. The minimum atomic E-state index is -0.777. The number of nitrogens with zero attached hydrogens (tertiary/aromatic N) is 5. The molecule has 34 heavy (non-hydrogen) atoms. The summed E-state index contributed by atoms with van der Waals surface area (Å²) in [6.45, 7) is 1.45. The smallest absolute Gasteiger partial charge is 0.249 e. The number of carbonyl (C=O) groups excluding carboxylic acids is 1. The maximum absolute atomic E-state index is 13.7. The molecule has 174 valence electrons. The molecule has 2 heterocycles. The number of benzene rings is 2. The van der Waals surface area contributed by atoms with Gasteiger partial charge in [0.15, 0.2) is 0 Å². The van der Waals surface area contributed by atoms with Crippen LogP contribution in [0.25, 0.3) is 11.5 Å². The molecule has 1 aliphatic heterocycles. The molecule has 0 fully saturated rings. The van der Waals surface area contributed by atoms with Gasteiger partial charge in [0.25, 0.3) is 0 Å². The maximum Gasteiger partial charge on any atom is 0.249 e. The summed E-state index contributed by atoms with van der Waals surface area (Å²) in [5.74, 6) is 4.03. The van der Waals surface area contributed by atoms with E-state index in [9.17, 15) is 14.3 Å². The fourth-order valence-electron chi connectivity index (χ4n) is 4.28. The Bertz CT molecular complexity index is 1440. The Morgan fingerprint density at radius 3 is 2.59 bits per heavy atom. The van der Waals surface area contributed by atoms with E-state index in [4.69, 9.17) is 17.0 Å². The molecule has 0 unspecified atom stereocenters. The Kier molecular flexibility index (Phi) is 5.80. The number of carbonyl (C=O) groups is 1. The number of aliphatic hydroxyl groups is 1. The van der Waals surface area contributed by atoms with Crippen LogP contribution >= 0.6 is 0 Å². The molecule has 0 aliphatic carbocycles. The quantitative estimate of drug-likeness (QED) is 0.164. The van der Waals surface area contributed by atoms with E-state index >= 15 is 0 Å². The van der Waals surface area contributed by atoms with Crippen LogP contribution in [0.5, 0.6) is 0 Å². The third-order valence-corrected chi connectivity index (χ3v) is 5.77. The predicted molar refractivity (Wildman–Crippen MR) is 123 cm³/mol. The van der Waals surface area contributed by atoms with Crippen molar-refractivity contribution in [1.29, 1.82) is 5.41 Å². The van der Waals surface area contributed by atoms with Crippen molar-refractivity contribution in [2.75, 3.05) is 5.32 Å². The monoisotopic (exact) mass is 463 g/mol. The van der Waals surface area contributed by atoms with Crippen LogP contribution in [0, 0.1) is 11.2 Å². The number of amides is 1. The second kappa shape index (κ2) is 8.73. The van der Waals surface area contributed by atoms with Crippen molar-refractivity contribution in [3.05, 3.63) is 75.4 Å². The second-order valence-corrected chi connectivity index (χ2v) is 7.72. The maximum atomic E-state index is 13.7. The number of aryl methyl sites for hydroxylation is 1. The summed E-state index contributed by atoms with van der Waals surface area (Å²) >= 11 is 0. The molecule has 0 saturated heterocycles. The summed E-state index contributed by atoms with van der Waals surface area (Å²) in [5, 5.41) is 34.3. The normalized spacial score (nSPS) is 18.4. The molecule has 4 rings (SSSR count). The highest BCUT2D eigenvalue weighted by atomic mass is 19.1. The Morgan fingerprint density at radius 2 is 2.06 bits per heavy atom. The Balaban J connectivity index is 2.22. The van der Waals surface area contributed by atoms with Gasteiger partial charge in [-0.05, 0) is 30.7 Å². The van der Waals surface area contributed by atoms with Crippen molar-refractivity contribution in [1.82, 2.24) is 14.8 Å². The molecule has 12 heteroatoms. The van der Waals surface area contributed by atoms with Crippen LogP contribution in [0.4, 0.5) is 10.1 Å². The first kappa shape index (κ1) is 22.6. The van der Waals surface area contributed by atoms with Crippen molar-refractivity contribution in [3.8, 4) is 0 Å². The minimum Gasteiger partial charge on any atom is -0.512 e. The van der Waals surface area contributed by atoms with Gasteiger partial charge in [0.2, 0.25) is 5.91 Å². The zero-order valence-electron chi connectivity index (χ0n) is 18.3. The molecule has 11 nitrogen and oxygen atoms in total. The summed E-state index contributed by atoms with van der Waals surface area (Å²) < 4.78 is 15.3. The number of hydrogen-bond acceptors (Lipinski definition) is 8. The number of aromatic nitrogens is 3. The molecule has 0 saturated carbocycles. The molecule has 1 aliphatic rings. The molecular formula is C22H22FN9O2. The van der Waals surface area contributed by atoms with Gasteiger partial charge in [-0.3, -0.25) is 9.48 Å². The lowest BCUT2D eigenvalue weighted by Gasteiger charge is -2.34. The summed E-state index contributed by atoms with van der Waals surface area (Å²) in [5.41, 5.74) is 7.10. The van der Waals surface area contributed by atoms with E-state index in [1.165, 1.54) is 31.5 Å². The Hall–Kier alpha value is -4.61. The lowest BCUT2D eigenvalue weighted by atomic mass is 9.83. The van der Waals surface area contributed by atoms with Gasteiger partial charge in [0.05, 0.1) is 34.7 Å². The van der Waals surface area contributed by atoms with E-state index in [2.05, 4.69) is 25.7 Å². The SMILES string of the molecule is CC(O)=c1cc(C(N)=O)c(C=N)c2c1=C(N=NN)[C@@H](c1ncnn1C)[C@H](c1ccc(F)cc1)N2. The van der Waals surface area contributed by atoms with Gasteiger partial charge in [0.1, 0.15) is 18.0 Å². The van der Waals surface area contributed by atoms with Crippen LogP contribution in [0.1, 0.15) is 46.2 Å². The lowest BCUT2D eigenvalue weighted by molar-refractivity contribution is 0.1000. The van der Waals surface area contributed by atoms with Crippen LogP contribution in [-0.2, 0) is 7.05 Å². The van der Waals surface area contributed by atoms with Crippen LogP contribution < -0.4 is 27.3 Å². The molecule has 2 atom stereocenters. The number of halogens is 1. The first-order valence-electron chi connectivity index (χ1n) is 10.2. The van der Waals surface area contributed by atoms with Crippen LogP contribution in [0.2, 0.25) is 0 Å². The highest BCUT2D eigenvalue weighted by Gasteiger charge is 2.38. The van der Waals surface area contributed by atoms with Crippen molar-refractivity contribution in [2.24, 2.45) is 29.0 Å². The van der Waals surface area contributed by atoms with Gasteiger partial charge in [-0.15, -0.1) is 5.11 Å². The second-order valence-electron chi connectivity index (χ2n) is 7.72. The zero-order valence-corrected chi connectivity index (χ0v) is 18.3. The van der Waals surface area contributed by atoms with Crippen molar-refractivity contribution >= 4 is 29.3 Å². The number of nitrogens with two attached hydrogens (primary N) is 2. The summed E-state index contributed by atoms with van der Waals surface area (Å²) in [4.78, 5) is 16.6. The molecule has 0 spiro atoms. The molecule has 0 radical (unpaired) electrons.